The van der Waals surface area contributed by atoms with Gasteiger partial charge in [0.1, 0.15) is 0 Å². The summed E-state index contributed by atoms with van der Waals surface area (Å²) >= 11 is 0. The van der Waals surface area contributed by atoms with Crippen LogP contribution in [0.1, 0.15) is 117 Å². The summed E-state index contributed by atoms with van der Waals surface area (Å²) in [5.74, 6) is 0. The van der Waals surface area contributed by atoms with Crippen molar-refractivity contribution >= 4 is 51.8 Å². The highest BCUT2D eigenvalue weighted by Crippen LogP contribution is 2.45. The van der Waals surface area contributed by atoms with Gasteiger partial charge in [-0.2, -0.15) is 0 Å². The molecule has 0 bridgehead atoms. The number of nitrogens with zero attached hydrogens (tertiary/aromatic N) is 2. The SMILES string of the molecule is CCCCCN(SSSN(CCCCC)S(=O)(=O)C1CCCCC1)S(=O)(=O)C1CCCCC1. The Morgan fingerprint density at radius 2 is 0.970 bits per heavy atom. The van der Waals surface area contributed by atoms with Gasteiger partial charge in [-0.3, -0.25) is 0 Å². The van der Waals surface area contributed by atoms with Gasteiger partial charge in [-0.15, -0.1) is 7.42 Å². The van der Waals surface area contributed by atoms with Crippen LogP contribution >= 0.6 is 31.8 Å². The van der Waals surface area contributed by atoms with Crippen LogP contribution in [0.4, 0.5) is 0 Å². The first-order valence-electron chi connectivity index (χ1n) is 12.9. The third-order valence-electron chi connectivity index (χ3n) is 6.63. The van der Waals surface area contributed by atoms with Crippen molar-refractivity contribution in [3.8, 4) is 0 Å². The van der Waals surface area contributed by atoms with Crippen LogP contribution in [-0.2, 0) is 20.0 Å². The minimum atomic E-state index is -3.39. The van der Waals surface area contributed by atoms with Gasteiger partial charge in [0.25, 0.3) is 0 Å². The Morgan fingerprint density at radius 1 is 0.606 bits per heavy atom. The van der Waals surface area contributed by atoms with E-state index in [4.69, 9.17) is 0 Å². The molecule has 0 aliphatic heterocycles. The molecule has 0 radical (unpaired) electrons. The van der Waals surface area contributed by atoms with Gasteiger partial charge in [0.15, 0.2) is 0 Å². The first-order valence-corrected chi connectivity index (χ1v) is 19.3. The van der Waals surface area contributed by atoms with E-state index < -0.39 is 20.0 Å². The van der Waals surface area contributed by atoms with Gasteiger partial charge in [-0.05, 0) is 38.5 Å². The smallest absolute Gasteiger partial charge is 0.211 e. The second kappa shape index (κ2) is 15.9. The molecule has 0 spiro atoms. The first kappa shape index (κ1) is 30.1. The highest BCUT2D eigenvalue weighted by Gasteiger charge is 2.36. The Hall–Kier alpha value is 0.870. The van der Waals surface area contributed by atoms with Gasteiger partial charge in [0.2, 0.25) is 20.0 Å². The average molecular weight is 561 g/mol. The summed E-state index contributed by atoms with van der Waals surface area (Å²) in [5, 5.41) is -0.588. The first-order chi connectivity index (χ1) is 15.8. The Labute approximate surface area is 215 Å². The molecule has 0 aromatic heterocycles. The van der Waals surface area contributed by atoms with Crippen LogP contribution in [0.3, 0.4) is 0 Å². The highest BCUT2D eigenvalue weighted by atomic mass is 33.5. The Kier molecular flexibility index (Phi) is 14.5. The van der Waals surface area contributed by atoms with Gasteiger partial charge in [-0.25, -0.2) is 16.8 Å². The lowest BCUT2D eigenvalue weighted by molar-refractivity contribution is 0.457. The number of hydrogen-bond donors (Lipinski definition) is 0. The fourth-order valence-electron chi connectivity index (χ4n) is 4.54. The van der Waals surface area contributed by atoms with Crippen LogP contribution in [-0.4, -0.2) is 47.8 Å². The van der Waals surface area contributed by atoms with E-state index in [1.807, 2.05) is 0 Å². The van der Waals surface area contributed by atoms with E-state index in [1.54, 1.807) is 7.42 Å². The van der Waals surface area contributed by atoms with Gasteiger partial charge in [0.05, 0.1) is 10.5 Å². The lowest BCUT2D eigenvalue weighted by Crippen LogP contribution is -2.36. The molecule has 196 valence electrons. The van der Waals surface area contributed by atoms with Gasteiger partial charge in [0, 0.05) is 44.9 Å². The lowest BCUT2D eigenvalue weighted by Gasteiger charge is -2.30. The maximum atomic E-state index is 13.4. The van der Waals surface area contributed by atoms with E-state index >= 15 is 0 Å². The lowest BCUT2D eigenvalue weighted by atomic mass is 10.0. The third kappa shape index (κ3) is 9.69. The predicted molar refractivity (Wildman–Crippen MR) is 147 cm³/mol. The molecule has 2 rings (SSSR count). The molecule has 0 aromatic carbocycles. The molecule has 0 atom stereocenters. The average Bonchev–Trinajstić information content (AvgIpc) is 2.83. The van der Waals surface area contributed by atoms with Crippen molar-refractivity contribution in [2.75, 3.05) is 13.1 Å². The van der Waals surface area contributed by atoms with Gasteiger partial charge in [-0.1, -0.05) is 78.1 Å². The topological polar surface area (TPSA) is 74.8 Å². The summed E-state index contributed by atoms with van der Waals surface area (Å²) in [6.07, 6.45) is 14.8. The summed E-state index contributed by atoms with van der Waals surface area (Å²) in [6.45, 7) is 5.22. The van der Waals surface area contributed by atoms with Crippen LogP contribution in [0, 0.1) is 0 Å². The van der Waals surface area contributed by atoms with E-state index in [0.717, 1.165) is 103 Å². The summed E-state index contributed by atoms with van der Waals surface area (Å²) in [6, 6.07) is 0. The fourth-order valence-corrected chi connectivity index (χ4v) is 15.1. The van der Waals surface area contributed by atoms with Crippen LogP contribution in [0.25, 0.3) is 0 Å². The zero-order chi connectivity index (χ0) is 24.2. The van der Waals surface area contributed by atoms with Crippen molar-refractivity contribution in [3.63, 3.8) is 0 Å². The minimum absolute atomic E-state index is 0.294. The highest BCUT2D eigenvalue weighted by molar-refractivity contribution is 9.09. The molecule has 0 N–H and O–H groups in total. The molecule has 2 aliphatic carbocycles. The van der Waals surface area contributed by atoms with Crippen molar-refractivity contribution < 1.29 is 16.8 Å². The predicted octanol–water partition coefficient (Wildman–Crippen LogP) is 7.16. The molecule has 2 saturated carbocycles. The minimum Gasteiger partial charge on any atom is -0.211 e. The van der Waals surface area contributed by atoms with E-state index in [0.29, 0.717) is 13.1 Å². The van der Waals surface area contributed by atoms with E-state index in [9.17, 15) is 16.8 Å². The molecule has 0 saturated heterocycles. The largest absolute Gasteiger partial charge is 0.226 e. The normalized spacial score (nSPS) is 19.5. The fraction of sp³-hybridized carbons (Fsp3) is 1.00. The van der Waals surface area contributed by atoms with Crippen molar-refractivity contribution in [1.82, 2.24) is 7.42 Å². The van der Waals surface area contributed by atoms with Crippen molar-refractivity contribution in [2.24, 2.45) is 0 Å². The molecule has 11 heteroatoms. The molecule has 2 fully saturated rings. The maximum Gasteiger partial charge on any atom is 0.226 e. The zero-order valence-electron chi connectivity index (χ0n) is 20.5. The van der Waals surface area contributed by atoms with E-state index in [2.05, 4.69) is 13.8 Å². The summed E-state index contributed by atoms with van der Waals surface area (Å²) in [7, 11) is -3.03. The zero-order valence-corrected chi connectivity index (χ0v) is 24.5. The molecular weight excluding hydrogens is 517 g/mol. The second-order valence-corrected chi connectivity index (χ2v) is 17.9. The van der Waals surface area contributed by atoms with E-state index in [-0.39, 0.29) is 10.5 Å². The van der Waals surface area contributed by atoms with Gasteiger partial charge >= 0.3 is 0 Å². The number of rotatable bonds is 16. The van der Waals surface area contributed by atoms with Crippen molar-refractivity contribution in [1.29, 1.82) is 0 Å². The second-order valence-electron chi connectivity index (χ2n) is 9.29. The monoisotopic (exact) mass is 560 g/mol. The molecule has 6 nitrogen and oxygen atoms in total. The number of hydrogen-bond acceptors (Lipinski definition) is 7. The maximum absolute atomic E-state index is 13.4. The van der Waals surface area contributed by atoms with Crippen LogP contribution in [0.15, 0.2) is 0 Å². The number of sulfonamides is 2. The molecule has 0 aromatic rings. The Morgan fingerprint density at radius 3 is 1.30 bits per heavy atom. The summed E-state index contributed by atoms with van der Waals surface area (Å²) in [5.41, 5.74) is 0. The number of unbranched alkanes of at least 4 members (excludes halogenated alkanes) is 4. The Bertz CT molecular complexity index is 674. The van der Waals surface area contributed by atoms with Crippen LogP contribution in [0.5, 0.6) is 0 Å². The standard InChI is InChI=1S/C22H44N2O4S5/c1-3-5-13-19-23(32(25,26)21-15-9-7-10-16-21)29-31-30-24(20-14-6-4-2)33(27,28)22-17-11-8-12-18-22/h21-22H,3-20H2,1-2H3. The quantitative estimate of drug-likeness (QED) is 0.113. The molecule has 0 amide bonds. The van der Waals surface area contributed by atoms with Crippen LogP contribution in [0.2, 0.25) is 0 Å². The third-order valence-corrected chi connectivity index (χ3v) is 16.4. The summed E-state index contributed by atoms with van der Waals surface area (Å²) in [4.78, 5) is 0. The molecule has 33 heavy (non-hydrogen) atoms. The Balaban J connectivity index is 2.04. The van der Waals surface area contributed by atoms with E-state index in [1.165, 1.54) is 31.8 Å². The summed E-state index contributed by atoms with van der Waals surface area (Å²) < 4.78 is 56.6. The molecule has 0 heterocycles. The molecular formula is C22H44N2O4S5. The van der Waals surface area contributed by atoms with Gasteiger partial charge < -0.3 is 0 Å². The molecule has 0 unspecified atom stereocenters. The van der Waals surface area contributed by atoms with Crippen LogP contribution < -0.4 is 0 Å². The molecule has 2 aliphatic rings. The van der Waals surface area contributed by atoms with Crippen molar-refractivity contribution in [2.45, 2.75) is 127 Å². The van der Waals surface area contributed by atoms with Crippen molar-refractivity contribution in [3.05, 3.63) is 0 Å².